The molecule has 1 N–H and O–H groups in total. The van der Waals surface area contributed by atoms with Crippen molar-refractivity contribution in [1.29, 1.82) is 0 Å². The van der Waals surface area contributed by atoms with Gasteiger partial charge in [0.2, 0.25) is 0 Å². The fourth-order valence-corrected chi connectivity index (χ4v) is 2.43. The number of benzene rings is 2. The number of halogens is 5. The first kappa shape index (κ1) is 18.9. The quantitative estimate of drug-likeness (QED) is 0.607. The number of alkyl halides is 3. The Morgan fingerprint density at radius 3 is 2.36 bits per heavy atom. The Morgan fingerprint density at radius 1 is 1.08 bits per heavy atom. The number of carbonyl (C=O) groups is 2. The Balaban J connectivity index is 2.49. The minimum atomic E-state index is -4.81. The zero-order chi connectivity index (χ0) is 18.8. The van der Waals surface area contributed by atoms with Crippen molar-refractivity contribution in [2.24, 2.45) is 0 Å². The van der Waals surface area contributed by atoms with Crippen LogP contribution in [0.15, 0.2) is 36.4 Å². The molecule has 0 bridgehead atoms. The van der Waals surface area contributed by atoms with Gasteiger partial charge in [-0.1, -0.05) is 17.7 Å². The van der Waals surface area contributed by atoms with E-state index >= 15 is 0 Å². The third-order valence-electron chi connectivity index (χ3n) is 3.41. The van der Waals surface area contributed by atoms with Crippen molar-refractivity contribution in [3.63, 3.8) is 0 Å². The molecule has 0 radical (unpaired) electrons. The zero-order valence-corrected chi connectivity index (χ0v) is 13.3. The zero-order valence-electron chi connectivity index (χ0n) is 12.5. The Bertz CT molecular complexity index is 831. The highest BCUT2D eigenvalue weighted by atomic mass is 35.5. The number of hydrogen-bond acceptors (Lipinski definition) is 2. The third kappa shape index (κ3) is 4.79. The highest BCUT2D eigenvalue weighted by Crippen LogP contribution is 2.31. The standard InChI is InChI=1S/C17H11ClF4O3/c18-12-3-1-9(2-4-15(23)24)14(8-12)16(25)10-5-11(17(20,21)22)7-13(19)6-10/h1,3,5-8H,2,4H2,(H,23,24). The fraction of sp³-hybridized carbons (Fsp3) is 0.176. The van der Waals surface area contributed by atoms with Gasteiger partial charge in [0.15, 0.2) is 5.78 Å². The molecule has 0 unspecified atom stereocenters. The number of aliphatic carboxylic acids is 1. The van der Waals surface area contributed by atoms with Crippen LogP contribution in [0.3, 0.4) is 0 Å². The Hall–Kier alpha value is -2.41. The lowest BCUT2D eigenvalue weighted by molar-refractivity contribution is -0.138. The molecule has 0 heterocycles. The second-order valence-electron chi connectivity index (χ2n) is 5.25. The first-order valence-corrected chi connectivity index (χ1v) is 7.38. The largest absolute Gasteiger partial charge is 0.481 e. The van der Waals surface area contributed by atoms with Crippen molar-refractivity contribution in [2.45, 2.75) is 19.0 Å². The molecule has 0 fully saturated rings. The van der Waals surface area contributed by atoms with Gasteiger partial charge in [0.1, 0.15) is 5.82 Å². The normalized spacial score (nSPS) is 11.4. The molecule has 0 aliphatic rings. The van der Waals surface area contributed by atoms with Crippen molar-refractivity contribution in [3.05, 3.63) is 69.5 Å². The van der Waals surface area contributed by atoms with E-state index < -0.39 is 34.9 Å². The monoisotopic (exact) mass is 374 g/mol. The number of hydrogen-bond donors (Lipinski definition) is 1. The van der Waals surface area contributed by atoms with Gasteiger partial charge in [-0.3, -0.25) is 9.59 Å². The van der Waals surface area contributed by atoms with Crippen molar-refractivity contribution in [3.8, 4) is 0 Å². The Morgan fingerprint density at radius 2 is 1.76 bits per heavy atom. The van der Waals surface area contributed by atoms with E-state index in [9.17, 15) is 27.2 Å². The van der Waals surface area contributed by atoms with E-state index in [0.29, 0.717) is 23.8 Å². The second kappa shape index (κ2) is 7.23. The van der Waals surface area contributed by atoms with Gasteiger partial charge < -0.3 is 5.11 Å². The van der Waals surface area contributed by atoms with Crippen LogP contribution in [0, 0.1) is 5.82 Å². The molecule has 2 aromatic rings. The van der Waals surface area contributed by atoms with Crippen molar-refractivity contribution in [1.82, 2.24) is 0 Å². The second-order valence-corrected chi connectivity index (χ2v) is 5.69. The van der Waals surface area contributed by atoms with Crippen LogP contribution < -0.4 is 0 Å². The molecule has 2 rings (SSSR count). The minimum absolute atomic E-state index is 0.0188. The van der Waals surface area contributed by atoms with E-state index in [2.05, 4.69) is 0 Å². The molecular formula is C17H11ClF4O3. The van der Waals surface area contributed by atoms with E-state index in [1.165, 1.54) is 18.2 Å². The van der Waals surface area contributed by atoms with E-state index in [4.69, 9.17) is 16.7 Å². The maximum Gasteiger partial charge on any atom is 0.416 e. The molecule has 132 valence electrons. The van der Waals surface area contributed by atoms with Gasteiger partial charge in [-0.15, -0.1) is 0 Å². The summed E-state index contributed by atoms with van der Waals surface area (Å²) in [6.07, 6.45) is -5.11. The summed E-state index contributed by atoms with van der Waals surface area (Å²) >= 11 is 5.82. The number of ketones is 1. The summed E-state index contributed by atoms with van der Waals surface area (Å²) in [5.74, 6) is -3.17. The van der Waals surface area contributed by atoms with E-state index in [1.54, 1.807) is 0 Å². The lowest BCUT2D eigenvalue weighted by Crippen LogP contribution is -2.11. The summed E-state index contributed by atoms with van der Waals surface area (Å²) in [6.45, 7) is 0. The van der Waals surface area contributed by atoms with Crippen LogP contribution in [0.1, 0.15) is 33.5 Å². The molecule has 0 aromatic heterocycles. The average molecular weight is 375 g/mol. The first-order valence-electron chi connectivity index (χ1n) is 7.00. The predicted molar refractivity (Wildman–Crippen MR) is 82.2 cm³/mol. The smallest absolute Gasteiger partial charge is 0.416 e. The molecule has 25 heavy (non-hydrogen) atoms. The molecular weight excluding hydrogens is 364 g/mol. The van der Waals surface area contributed by atoms with Gasteiger partial charge in [0.05, 0.1) is 5.56 Å². The third-order valence-corrected chi connectivity index (χ3v) is 3.65. The van der Waals surface area contributed by atoms with Gasteiger partial charge in [0, 0.05) is 22.6 Å². The molecule has 0 spiro atoms. The first-order chi connectivity index (χ1) is 11.6. The molecule has 0 atom stereocenters. The maximum atomic E-state index is 13.5. The predicted octanol–water partition coefficient (Wildman–Crippen LogP) is 4.75. The van der Waals surface area contributed by atoms with E-state index in [1.807, 2.05) is 0 Å². The molecule has 0 amide bonds. The fourth-order valence-electron chi connectivity index (χ4n) is 2.26. The lowest BCUT2D eigenvalue weighted by Gasteiger charge is -2.11. The average Bonchev–Trinajstić information content (AvgIpc) is 2.51. The van der Waals surface area contributed by atoms with Gasteiger partial charge in [0.25, 0.3) is 0 Å². The summed E-state index contributed by atoms with van der Waals surface area (Å²) in [5, 5.41) is 8.90. The number of carbonyl (C=O) groups excluding carboxylic acids is 1. The van der Waals surface area contributed by atoms with Crippen molar-refractivity contribution >= 4 is 23.4 Å². The highest BCUT2D eigenvalue weighted by molar-refractivity contribution is 6.31. The lowest BCUT2D eigenvalue weighted by atomic mass is 9.94. The SMILES string of the molecule is O=C(O)CCc1ccc(Cl)cc1C(=O)c1cc(F)cc(C(F)(F)F)c1. The van der Waals surface area contributed by atoms with Crippen molar-refractivity contribution < 1.29 is 32.3 Å². The van der Waals surface area contributed by atoms with Crippen LogP contribution in [0.4, 0.5) is 17.6 Å². The molecule has 0 aliphatic heterocycles. The Kier molecular flexibility index (Phi) is 5.47. The summed E-state index contributed by atoms with van der Waals surface area (Å²) in [7, 11) is 0. The number of carboxylic acids is 1. The maximum absolute atomic E-state index is 13.5. The summed E-state index contributed by atoms with van der Waals surface area (Å²) in [5.41, 5.74) is -1.54. The van der Waals surface area contributed by atoms with Crippen LogP contribution in [0.25, 0.3) is 0 Å². The van der Waals surface area contributed by atoms with Gasteiger partial charge in [-0.25, -0.2) is 4.39 Å². The van der Waals surface area contributed by atoms with E-state index in [0.717, 1.165) is 0 Å². The molecule has 3 nitrogen and oxygen atoms in total. The summed E-state index contributed by atoms with van der Waals surface area (Å²) < 4.78 is 51.9. The van der Waals surface area contributed by atoms with Crippen LogP contribution in [0.2, 0.25) is 5.02 Å². The summed E-state index contributed by atoms with van der Waals surface area (Å²) in [6, 6.07) is 5.61. The summed E-state index contributed by atoms with van der Waals surface area (Å²) in [4.78, 5) is 23.3. The molecule has 0 saturated carbocycles. The van der Waals surface area contributed by atoms with Crippen LogP contribution in [-0.4, -0.2) is 16.9 Å². The van der Waals surface area contributed by atoms with E-state index in [-0.39, 0.29) is 23.4 Å². The van der Waals surface area contributed by atoms with Gasteiger partial charge in [-0.05, 0) is 42.3 Å². The molecule has 0 aliphatic carbocycles. The van der Waals surface area contributed by atoms with Crippen LogP contribution in [0.5, 0.6) is 0 Å². The molecule has 2 aromatic carbocycles. The topological polar surface area (TPSA) is 54.4 Å². The number of carboxylic acid groups (broad SMARTS) is 1. The van der Waals surface area contributed by atoms with Gasteiger partial charge >= 0.3 is 12.1 Å². The Labute approximate surface area is 144 Å². The van der Waals surface area contributed by atoms with Gasteiger partial charge in [-0.2, -0.15) is 13.2 Å². The molecule has 8 heteroatoms. The van der Waals surface area contributed by atoms with Crippen molar-refractivity contribution in [2.75, 3.05) is 0 Å². The van der Waals surface area contributed by atoms with Crippen LogP contribution >= 0.6 is 11.6 Å². The number of rotatable bonds is 5. The minimum Gasteiger partial charge on any atom is -0.481 e. The number of aryl methyl sites for hydroxylation is 1. The highest BCUT2D eigenvalue weighted by Gasteiger charge is 2.32. The molecule has 0 saturated heterocycles. The van der Waals surface area contributed by atoms with Crippen LogP contribution in [-0.2, 0) is 17.4 Å².